The number of nitrogens with one attached hydrogen (secondary N) is 1. The number of carbonyl (C=O) groups is 2. The smallest absolute Gasteiger partial charge is 0.318 e. The lowest BCUT2D eigenvalue weighted by atomic mass is 10.1. The normalized spacial score (nSPS) is 10.6. The standard InChI is InChI=1S/C18H18N6O2S/c1-11-5-6-14(12(2)8-11)24-16(13-4-3-7-20-9-13)22-23-18(24)27-10-15(25)21-17(19)26/h3-9H,10H2,1-2H3,(H3,19,21,25,26). The molecule has 0 bridgehead atoms. The fraction of sp³-hybridized carbons (Fsp3) is 0.167. The van der Waals surface area contributed by atoms with Crippen LogP contribution in [0, 0.1) is 13.8 Å². The molecule has 0 fully saturated rings. The Morgan fingerprint density at radius 2 is 2.04 bits per heavy atom. The first-order chi connectivity index (χ1) is 13.0. The molecule has 3 N–H and O–H groups in total. The fourth-order valence-electron chi connectivity index (χ4n) is 2.62. The Balaban J connectivity index is 2.02. The van der Waals surface area contributed by atoms with E-state index in [4.69, 9.17) is 5.73 Å². The van der Waals surface area contributed by atoms with E-state index >= 15 is 0 Å². The van der Waals surface area contributed by atoms with Crippen LogP contribution in [-0.4, -0.2) is 37.4 Å². The zero-order chi connectivity index (χ0) is 19.4. The van der Waals surface area contributed by atoms with Gasteiger partial charge in [-0.3, -0.25) is 19.7 Å². The monoisotopic (exact) mass is 382 g/mol. The van der Waals surface area contributed by atoms with E-state index in [1.54, 1.807) is 12.4 Å². The maximum atomic E-state index is 11.8. The minimum absolute atomic E-state index is 0.0149. The molecule has 9 heteroatoms. The van der Waals surface area contributed by atoms with Gasteiger partial charge in [0, 0.05) is 18.0 Å². The quantitative estimate of drug-likeness (QED) is 0.654. The summed E-state index contributed by atoms with van der Waals surface area (Å²) < 4.78 is 1.88. The second-order valence-corrected chi connectivity index (χ2v) is 6.82. The predicted molar refractivity (Wildman–Crippen MR) is 103 cm³/mol. The van der Waals surface area contributed by atoms with Gasteiger partial charge in [0.1, 0.15) is 0 Å². The van der Waals surface area contributed by atoms with Crippen LogP contribution < -0.4 is 11.1 Å². The van der Waals surface area contributed by atoms with Crippen LogP contribution >= 0.6 is 11.8 Å². The highest BCUT2D eigenvalue weighted by Crippen LogP contribution is 2.29. The SMILES string of the molecule is Cc1ccc(-n2c(SCC(=O)NC(N)=O)nnc2-c2cccnc2)c(C)c1. The van der Waals surface area contributed by atoms with Gasteiger partial charge < -0.3 is 5.73 Å². The number of aromatic nitrogens is 4. The summed E-state index contributed by atoms with van der Waals surface area (Å²) in [7, 11) is 0. The van der Waals surface area contributed by atoms with Crippen LogP contribution in [-0.2, 0) is 4.79 Å². The van der Waals surface area contributed by atoms with Gasteiger partial charge in [-0.15, -0.1) is 10.2 Å². The lowest BCUT2D eigenvalue weighted by molar-refractivity contribution is -0.117. The first-order valence-corrected chi connectivity index (χ1v) is 9.10. The lowest BCUT2D eigenvalue weighted by Gasteiger charge is -2.13. The first kappa shape index (κ1) is 18.6. The molecule has 27 heavy (non-hydrogen) atoms. The highest BCUT2D eigenvalue weighted by Gasteiger charge is 2.19. The molecule has 0 aliphatic rings. The van der Waals surface area contributed by atoms with Gasteiger partial charge in [0.05, 0.1) is 11.4 Å². The Bertz CT molecular complexity index is 987. The molecule has 0 saturated carbocycles. The summed E-state index contributed by atoms with van der Waals surface area (Å²) in [5.41, 5.74) is 8.87. The van der Waals surface area contributed by atoms with Crippen molar-refractivity contribution < 1.29 is 9.59 Å². The zero-order valence-corrected chi connectivity index (χ0v) is 15.7. The first-order valence-electron chi connectivity index (χ1n) is 8.11. The number of aryl methyl sites for hydroxylation is 2. The number of benzene rings is 1. The van der Waals surface area contributed by atoms with Crippen LogP contribution in [0.3, 0.4) is 0 Å². The molecule has 8 nitrogen and oxygen atoms in total. The predicted octanol–water partition coefficient (Wildman–Crippen LogP) is 2.23. The highest BCUT2D eigenvalue weighted by atomic mass is 32.2. The summed E-state index contributed by atoms with van der Waals surface area (Å²) in [6, 6.07) is 8.89. The molecule has 1 aromatic carbocycles. The van der Waals surface area contributed by atoms with Gasteiger partial charge in [0.15, 0.2) is 11.0 Å². The number of carbonyl (C=O) groups excluding carboxylic acids is 2. The van der Waals surface area contributed by atoms with Gasteiger partial charge in [-0.2, -0.15) is 0 Å². The summed E-state index contributed by atoms with van der Waals surface area (Å²) in [5.74, 6) is 0.109. The van der Waals surface area contributed by atoms with Crippen molar-refractivity contribution in [3.05, 3.63) is 53.9 Å². The van der Waals surface area contributed by atoms with Crippen molar-refractivity contribution in [1.29, 1.82) is 0 Å². The number of amides is 3. The molecule has 3 aromatic rings. The summed E-state index contributed by atoms with van der Waals surface area (Å²) in [6.07, 6.45) is 3.39. The van der Waals surface area contributed by atoms with Crippen molar-refractivity contribution in [3.8, 4) is 17.1 Å². The number of nitrogens with zero attached hydrogens (tertiary/aromatic N) is 4. The number of thioether (sulfide) groups is 1. The van der Waals surface area contributed by atoms with E-state index in [0.29, 0.717) is 11.0 Å². The van der Waals surface area contributed by atoms with Crippen LogP contribution in [0.25, 0.3) is 17.1 Å². The average molecular weight is 382 g/mol. The largest absolute Gasteiger partial charge is 0.351 e. The molecule has 0 saturated heterocycles. The third kappa shape index (κ3) is 4.32. The van der Waals surface area contributed by atoms with Crippen LogP contribution in [0.1, 0.15) is 11.1 Å². The van der Waals surface area contributed by atoms with Gasteiger partial charge in [0.2, 0.25) is 5.91 Å². The van der Waals surface area contributed by atoms with Crippen molar-refractivity contribution >= 4 is 23.7 Å². The Morgan fingerprint density at radius 1 is 1.22 bits per heavy atom. The van der Waals surface area contributed by atoms with E-state index in [1.165, 1.54) is 11.8 Å². The van der Waals surface area contributed by atoms with Crippen LogP contribution in [0.4, 0.5) is 4.79 Å². The maximum absolute atomic E-state index is 11.8. The van der Waals surface area contributed by atoms with Crippen molar-refractivity contribution in [3.63, 3.8) is 0 Å². The van der Waals surface area contributed by atoms with Crippen LogP contribution in [0.15, 0.2) is 47.9 Å². The number of primary amides is 1. The van der Waals surface area contributed by atoms with E-state index in [0.717, 1.165) is 22.4 Å². The molecule has 2 aromatic heterocycles. The lowest BCUT2D eigenvalue weighted by Crippen LogP contribution is -2.36. The van der Waals surface area contributed by atoms with Gasteiger partial charge in [-0.25, -0.2) is 4.79 Å². The minimum Gasteiger partial charge on any atom is -0.351 e. The minimum atomic E-state index is -0.882. The van der Waals surface area contributed by atoms with Gasteiger partial charge in [0.25, 0.3) is 0 Å². The van der Waals surface area contributed by atoms with Gasteiger partial charge >= 0.3 is 6.03 Å². The van der Waals surface area contributed by atoms with E-state index in [2.05, 4.69) is 21.2 Å². The molecule has 0 aliphatic heterocycles. The number of pyridine rings is 1. The maximum Gasteiger partial charge on any atom is 0.318 e. The molecule has 0 unspecified atom stereocenters. The molecule has 0 atom stereocenters. The Kier molecular flexibility index (Phi) is 5.51. The Hall–Kier alpha value is -3.20. The van der Waals surface area contributed by atoms with Crippen LogP contribution in [0.5, 0.6) is 0 Å². The molecule has 0 radical (unpaired) electrons. The van der Waals surface area contributed by atoms with Crippen molar-refractivity contribution in [2.24, 2.45) is 5.73 Å². The summed E-state index contributed by atoms with van der Waals surface area (Å²) in [6.45, 7) is 4.03. The van der Waals surface area contributed by atoms with E-state index in [1.807, 2.05) is 48.0 Å². The molecular weight excluding hydrogens is 364 g/mol. The van der Waals surface area contributed by atoms with Crippen molar-refractivity contribution in [1.82, 2.24) is 25.1 Å². The van der Waals surface area contributed by atoms with Crippen LogP contribution in [0.2, 0.25) is 0 Å². The Labute approximate surface area is 160 Å². The van der Waals surface area contributed by atoms with Gasteiger partial charge in [-0.1, -0.05) is 29.5 Å². The van der Waals surface area contributed by atoms with Crippen molar-refractivity contribution in [2.45, 2.75) is 19.0 Å². The van der Waals surface area contributed by atoms with E-state index < -0.39 is 11.9 Å². The average Bonchev–Trinajstić information content (AvgIpc) is 3.04. The van der Waals surface area contributed by atoms with E-state index in [-0.39, 0.29) is 5.75 Å². The number of urea groups is 1. The third-order valence-electron chi connectivity index (χ3n) is 3.74. The summed E-state index contributed by atoms with van der Waals surface area (Å²) in [4.78, 5) is 26.7. The topological polar surface area (TPSA) is 116 Å². The highest BCUT2D eigenvalue weighted by molar-refractivity contribution is 7.99. The second-order valence-electron chi connectivity index (χ2n) is 5.87. The molecular formula is C18H18N6O2S. The number of hydrogen-bond acceptors (Lipinski definition) is 6. The number of hydrogen-bond donors (Lipinski definition) is 2. The molecule has 3 amide bonds. The third-order valence-corrected chi connectivity index (χ3v) is 4.67. The summed E-state index contributed by atoms with van der Waals surface area (Å²) in [5, 5.41) is 11.1. The Morgan fingerprint density at radius 3 is 2.70 bits per heavy atom. The van der Waals surface area contributed by atoms with Gasteiger partial charge in [-0.05, 0) is 37.6 Å². The second kappa shape index (κ2) is 8.00. The molecule has 0 aliphatic carbocycles. The van der Waals surface area contributed by atoms with E-state index in [9.17, 15) is 9.59 Å². The fourth-order valence-corrected chi connectivity index (χ4v) is 3.37. The zero-order valence-electron chi connectivity index (χ0n) is 14.8. The molecule has 3 rings (SSSR count). The molecule has 138 valence electrons. The molecule has 2 heterocycles. The summed E-state index contributed by atoms with van der Waals surface area (Å²) >= 11 is 1.17. The number of nitrogens with two attached hydrogens (primary N) is 1. The number of imide groups is 1. The van der Waals surface area contributed by atoms with Crippen molar-refractivity contribution in [2.75, 3.05) is 5.75 Å². The molecule has 0 spiro atoms. The number of rotatable bonds is 5.